The number of rotatable bonds is 5. The molecule has 0 unspecified atom stereocenters. The van der Waals surface area contributed by atoms with Gasteiger partial charge in [-0.05, 0) is 26.0 Å². The van der Waals surface area contributed by atoms with Crippen molar-refractivity contribution in [3.63, 3.8) is 0 Å². The van der Waals surface area contributed by atoms with Crippen molar-refractivity contribution in [1.82, 2.24) is 0 Å². The third-order valence-electron chi connectivity index (χ3n) is 2.02. The third-order valence-corrected chi connectivity index (χ3v) is 2.44. The summed E-state index contributed by atoms with van der Waals surface area (Å²) in [6.07, 6.45) is 0.115. The average Bonchev–Trinajstić information content (AvgIpc) is 2.27. The van der Waals surface area contributed by atoms with Crippen molar-refractivity contribution >= 4 is 23.3 Å². The molecule has 0 amide bonds. The maximum absolute atomic E-state index is 11.6. The van der Waals surface area contributed by atoms with Crippen molar-refractivity contribution in [2.75, 3.05) is 18.9 Å². The van der Waals surface area contributed by atoms with Gasteiger partial charge >= 0.3 is 5.97 Å². The van der Waals surface area contributed by atoms with Gasteiger partial charge in [0.05, 0.1) is 29.0 Å². The lowest BCUT2D eigenvalue weighted by Gasteiger charge is -2.09. The van der Waals surface area contributed by atoms with Gasteiger partial charge in [-0.3, -0.25) is 0 Å². The molecule has 0 aliphatic rings. The van der Waals surface area contributed by atoms with Crippen LogP contribution in [0.25, 0.3) is 0 Å². The molecular weight excluding hydrogens is 242 g/mol. The number of esters is 1. The molecule has 1 rings (SSSR count). The van der Waals surface area contributed by atoms with Crippen LogP contribution in [0, 0.1) is 0 Å². The molecule has 0 aromatic heterocycles. The highest BCUT2D eigenvalue weighted by Crippen LogP contribution is 2.23. The summed E-state index contributed by atoms with van der Waals surface area (Å²) >= 11 is 5.89. The van der Waals surface area contributed by atoms with Crippen LogP contribution in [0.2, 0.25) is 5.02 Å². The van der Waals surface area contributed by atoms with Crippen LogP contribution in [0.5, 0.6) is 0 Å². The largest absolute Gasteiger partial charge is 0.460 e. The summed E-state index contributed by atoms with van der Waals surface area (Å²) in [7, 11) is 0. The summed E-state index contributed by atoms with van der Waals surface area (Å²) in [6, 6.07) is 4.85. The number of carbonyl (C=O) groups excluding carboxylic acids is 1. The Morgan fingerprint density at radius 3 is 2.76 bits per heavy atom. The van der Waals surface area contributed by atoms with Crippen molar-refractivity contribution in [2.24, 2.45) is 0 Å². The van der Waals surface area contributed by atoms with Crippen molar-refractivity contribution in [1.29, 1.82) is 0 Å². The number of halogens is 1. The maximum atomic E-state index is 11.6. The van der Waals surface area contributed by atoms with Gasteiger partial charge in [0.15, 0.2) is 0 Å². The highest BCUT2D eigenvalue weighted by atomic mass is 35.5. The number of hydrogen-bond acceptors (Lipinski definition) is 4. The Morgan fingerprint density at radius 2 is 2.12 bits per heavy atom. The highest BCUT2D eigenvalue weighted by molar-refractivity contribution is 6.36. The minimum absolute atomic E-state index is 0.115. The SMILES string of the molecule is CC(C)OCCOC(=O)c1cccc(N)c1Cl. The summed E-state index contributed by atoms with van der Waals surface area (Å²) in [5, 5.41) is 0.224. The number of nitrogen functional groups attached to an aromatic ring is 1. The zero-order valence-electron chi connectivity index (χ0n) is 9.90. The fourth-order valence-corrected chi connectivity index (χ4v) is 1.41. The second-order valence-electron chi connectivity index (χ2n) is 3.76. The monoisotopic (exact) mass is 257 g/mol. The van der Waals surface area contributed by atoms with E-state index in [1.807, 2.05) is 13.8 Å². The molecule has 0 radical (unpaired) electrons. The Morgan fingerprint density at radius 1 is 1.41 bits per heavy atom. The Labute approximate surface area is 106 Å². The van der Waals surface area contributed by atoms with Crippen LogP contribution in [-0.4, -0.2) is 25.3 Å². The number of anilines is 1. The molecule has 0 fully saturated rings. The molecule has 2 N–H and O–H groups in total. The minimum atomic E-state index is -0.491. The molecule has 1 aromatic carbocycles. The van der Waals surface area contributed by atoms with Crippen molar-refractivity contribution < 1.29 is 14.3 Å². The second-order valence-corrected chi connectivity index (χ2v) is 4.14. The fourth-order valence-electron chi connectivity index (χ4n) is 1.20. The second kappa shape index (κ2) is 6.47. The number of nitrogens with two attached hydrogens (primary N) is 1. The van der Waals surface area contributed by atoms with E-state index in [2.05, 4.69) is 0 Å². The molecule has 0 heterocycles. The lowest BCUT2D eigenvalue weighted by molar-refractivity contribution is 0.0177. The molecule has 4 nitrogen and oxygen atoms in total. The predicted molar refractivity (Wildman–Crippen MR) is 67.2 cm³/mol. The molecule has 1 aromatic rings. The third kappa shape index (κ3) is 4.24. The average molecular weight is 258 g/mol. The van der Waals surface area contributed by atoms with Gasteiger partial charge in [0.1, 0.15) is 6.61 Å². The van der Waals surface area contributed by atoms with Crippen LogP contribution in [-0.2, 0) is 9.47 Å². The van der Waals surface area contributed by atoms with E-state index in [4.69, 9.17) is 26.8 Å². The Balaban J connectivity index is 2.50. The minimum Gasteiger partial charge on any atom is -0.460 e. The maximum Gasteiger partial charge on any atom is 0.339 e. The number of ether oxygens (including phenoxy) is 2. The first-order chi connectivity index (χ1) is 8.02. The topological polar surface area (TPSA) is 61.5 Å². The van der Waals surface area contributed by atoms with Gasteiger partial charge in [-0.2, -0.15) is 0 Å². The van der Waals surface area contributed by atoms with Crippen LogP contribution in [0.3, 0.4) is 0 Å². The van der Waals surface area contributed by atoms with E-state index in [0.29, 0.717) is 12.3 Å². The lowest BCUT2D eigenvalue weighted by Crippen LogP contribution is -2.14. The van der Waals surface area contributed by atoms with Gasteiger partial charge in [-0.25, -0.2) is 4.79 Å². The van der Waals surface area contributed by atoms with Crippen LogP contribution in [0.4, 0.5) is 5.69 Å². The van der Waals surface area contributed by atoms with E-state index in [0.717, 1.165) is 0 Å². The van der Waals surface area contributed by atoms with Crippen molar-refractivity contribution in [3.8, 4) is 0 Å². The van der Waals surface area contributed by atoms with Crippen LogP contribution >= 0.6 is 11.6 Å². The van der Waals surface area contributed by atoms with Crippen LogP contribution < -0.4 is 5.73 Å². The summed E-state index contributed by atoms with van der Waals surface area (Å²) < 4.78 is 10.3. The molecule has 0 aliphatic heterocycles. The molecule has 0 atom stereocenters. The summed E-state index contributed by atoms with van der Waals surface area (Å²) in [4.78, 5) is 11.6. The van der Waals surface area contributed by atoms with Gasteiger partial charge in [0.2, 0.25) is 0 Å². The van der Waals surface area contributed by atoms with E-state index in [9.17, 15) is 4.79 Å². The summed E-state index contributed by atoms with van der Waals surface area (Å²) in [5.74, 6) is -0.491. The molecule has 17 heavy (non-hydrogen) atoms. The van der Waals surface area contributed by atoms with E-state index in [-0.39, 0.29) is 23.3 Å². The standard InChI is InChI=1S/C12H16ClNO3/c1-8(2)16-6-7-17-12(15)9-4-3-5-10(14)11(9)13/h3-5,8H,6-7,14H2,1-2H3. The van der Waals surface area contributed by atoms with Crippen LogP contribution in [0.1, 0.15) is 24.2 Å². The van der Waals surface area contributed by atoms with Gasteiger partial charge < -0.3 is 15.2 Å². The van der Waals surface area contributed by atoms with Gasteiger partial charge in [-0.1, -0.05) is 17.7 Å². The first kappa shape index (κ1) is 13.8. The molecule has 0 saturated carbocycles. The highest BCUT2D eigenvalue weighted by Gasteiger charge is 2.13. The number of carbonyl (C=O) groups is 1. The smallest absolute Gasteiger partial charge is 0.339 e. The Hall–Kier alpha value is -1.26. The number of hydrogen-bond donors (Lipinski definition) is 1. The summed E-state index contributed by atoms with van der Waals surface area (Å²) in [5.41, 5.74) is 6.22. The molecule has 94 valence electrons. The molecule has 0 bridgehead atoms. The molecule has 0 saturated heterocycles. The fraction of sp³-hybridized carbons (Fsp3) is 0.417. The van der Waals surface area contributed by atoms with Crippen molar-refractivity contribution in [3.05, 3.63) is 28.8 Å². The van der Waals surface area contributed by atoms with Gasteiger partial charge in [0.25, 0.3) is 0 Å². The first-order valence-electron chi connectivity index (χ1n) is 5.35. The van der Waals surface area contributed by atoms with Gasteiger partial charge in [-0.15, -0.1) is 0 Å². The number of benzene rings is 1. The summed E-state index contributed by atoms with van der Waals surface area (Å²) in [6.45, 7) is 4.39. The first-order valence-corrected chi connectivity index (χ1v) is 5.73. The quantitative estimate of drug-likeness (QED) is 0.500. The molecular formula is C12H16ClNO3. The lowest BCUT2D eigenvalue weighted by atomic mass is 10.2. The predicted octanol–water partition coefficient (Wildman–Crippen LogP) is 2.50. The molecule has 0 spiro atoms. The molecule has 0 aliphatic carbocycles. The normalized spacial score (nSPS) is 10.6. The van der Waals surface area contributed by atoms with E-state index in [1.54, 1.807) is 18.2 Å². The van der Waals surface area contributed by atoms with Crippen molar-refractivity contribution in [2.45, 2.75) is 20.0 Å². The van der Waals surface area contributed by atoms with E-state index in [1.165, 1.54) is 0 Å². The zero-order chi connectivity index (χ0) is 12.8. The zero-order valence-corrected chi connectivity index (χ0v) is 10.7. The van der Waals surface area contributed by atoms with E-state index >= 15 is 0 Å². The van der Waals surface area contributed by atoms with Crippen LogP contribution in [0.15, 0.2) is 18.2 Å². The Bertz CT molecular complexity index is 393. The molecule has 5 heteroatoms. The van der Waals surface area contributed by atoms with Gasteiger partial charge in [0, 0.05) is 0 Å². The van der Waals surface area contributed by atoms with E-state index < -0.39 is 5.97 Å². The Kier molecular flexibility index (Phi) is 5.25.